The van der Waals surface area contributed by atoms with Gasteiger partial charge in [-0.1, -0.05) is 24.3 Å². The summed E-state index contributed by atoms with van der Waals surface area (Å²) in [6.45, 7) is 1.52. The van der Waals surface area contributed by atoms with Gasteiger partial charge in [0.05, 0.1) is 15.8 Å². The Bertz CT molecular complexity index is 1010. The van der Waals surface area contributed by atoms with Crippen molar-refractivity contribution >= 4 is 50.2 Å². The lowest BCUT2D eigenvalue weighted by atomic mass is 10.2. The molecule has 2 heterocycles. The molecule has 3 amide bonds. The highest BCUT2D eigenvalue weighted by molar-refractivity contribution is 9.10. The number of benzene rings is 2. The van der Waals surface area contributed by atoms with Crippen molar-refractivity contribution in [3.05, 3.63) is 58.8 Å². The lowest BCUT2D eigenvalue weighted by Crippen LogP contribution is -2.32. The fraction of sp³-hybridized carbons (Fsp3) is 0.200. The molecule has 3 aromatic rings. The van der Waals surface area contributed by atoms with E-state index in [0.29, 0.717) is 17.0 Å². The van der Waals surface area contributed by atoms with E-state index in [1.165, 1.54) is 0 Å². The molecule has 0 atom stereocenters. The van der Waals surface area contributed by atoms with Crippen LogP contribution >= 0.6 is 15.9 Å². The van der Waals surface area contributed by atoms with Gasteiger partial charge in [0.1, 0.15) is 5.58 Å². The minimum absolute atomic E-state index is 0.151. The number of fused-ring (bicyclic) bond motifs is 1. The highest BCUT2D eigenvalue weighted by atomic mass is 79.9. The molecule has 2 N–H and O–H groups in total. The molecule has 1 aliphatic heterocycles. The number of halogens is 1. The van der Waals surface area contributed by atoms with Gasteiger partial charge in [-0.2, -0.15) is 0 Å². The molecule has 0 radical (unpaired) electrons. The number of anilines is 2. The van der Waals surface area contributed by atoms with Crippen molar-refractivity contribution in [2.24, 2.45) is 0 Å². The topological polar surface area (TPSA) is 74.6 Å². The summed E-state index contributed by atoms with van der Waals surface area (Å²) in [4.78, 5) is 26.8. The van der Waals surface area contributed by atoms with Crippen LogP contribution in [-0.2, 0) is 0 Å². The van der Waals surface area contributed by atoms with Gasteiger partial charge in [-0.05, 0) is 53.0 Å². The van der Waals surface area contributed by atoms with Crippen LogP contribution in [0.15, 0.2) is 57.4 Å². The first kappa shape index (κ1) is 17.6. The maximum Gasteiger partial charge on any atom is 0.321 e. The van der Waals surface area contributed by atoms with Gasteiger partial charge in [-0.25, -0.2) is 4.79 Å². The summed E-state index contributed by atoms with van der Waals surface area (Å²) >= 11 is 3.42. The van der Waals surface area contributed by atoms with Gasteiger partial charge in [-0.3, -0.25) is 4.79 Å². The second kappa shape index (κ2) is 7.44. The number of rotatable bonds is 3. The van der Waals surface area contributed by atoms with E-state index in [0.717, 1.165) is 35.8 Å². The van der Waals surface area contributed by atoms with E-state index in [1.807, 2.05) is 24.3 Å². The lowest BCUT2D eigenvalue weighted by molar-refractivity contribution is 0.0998. The summed E-state index contributed by atoms with van der Waals surface area (Å²) in [6, 6.07) is 14.3. The minimum Gasteiger partial charge on any atom is -0.450 e. The number of hydrogen-bond acceptors (Lipinski definition) is 3. The minimum atomic E-state index is -0.374. The predicted molar refractivity (Wildman–Crippen MR) is 108 cm³/mol. The Morgan fingerprint density at radius 1 is 0.963 bits per heavy atom. The maximum atomic E-state index is 12.6. The second-order valence-electron chi connectivity index (χ2n) is 6.39. The van der Waals surface area contributed by atoms with Gasteiger partial charge in [0, 0.05) is 18.5 Å². The fourth-order valence-corrected chi connectivity index (χ4v) is 3.60. The van der Waals surface area contributed by atoms with Crippen LogP contribution in [-0.4, -0.2) is 29.9 Å². The number of likely N-dealkylation sites (tertiary alicyclic amines) is 1. The van der Waals surface area contributed by atoms with E-state index < -0.39 is 0 Å². The van der Waals surface area contributed by atoms with Gasteiger partial charge >= 0.3 is 6.03 Å². The zero-order chi connectivity index (χ0) is 18.8. The summed E-state index contributed by atoms with van der Waals surface area (Å²) in [7, 11) is 0. The van der Waals surface area contributed by atoms with Gasteiger partial charge < -0.3 is 20.0 Å². The van der Waals surface area contributed by atoms with Crippen LogP contribution in [0.5, 0.6) is 0 Å². The number of carbonyl (C=O) groups is 2. The molecule has 1 aromatic heterocycles. The van der Waals surface area contributed by atoms with Crippen molar-refractivity contribution in [1.82, 2.24) is 4.90 Å². The third-order valence-electron chi connectivity index (χ3n) is 4.53. The number of nitrogens with one attached hydrogen (secondary N) is 2. The molecule has 1 fully saturated rings. The first-order chi connectivity index (χ1) is 13.1. The zero-order valence-electron chi connectivity index (χ0n) is 14.5. The van der Waals surface area contributed by atoms with Crippen molar-refractivity contribution in [2.45, 2.75) is 12.8 Å². The number of urea groups is 1. The van der Waals surface area contributed by atoms with Gasteiger partial charge in [0.2, 0.25) is 0 Å². The summed E-state index contributed by atoms with van der Waals surface area (Å²) in [6.07, 6.45) is 2.04. The molecule has 1 saturated heterocycles. The van der Waals surface area contributed by atoms with E-state index in [2.05, 4.69) is 26.6 Å². The first-order valence-electron chi connectivity index (χ1n) is 8.76. The molecule has 1 aliphatic rings. The molecule has 0 spiro atoms. The van der Waals surface area contributed by atoms with Crippen LogP contribution in [0, 0.1) is 0 Å². The third kappa shape index (κ3) is 3.68. The number of amides is 3. The van der Waals surface area contributed by atoms with Gasteiger partial charge in [-0.15, -0.1) is 0 Å². The largest absolute Gasteiger partial charge is 0.450 e. The Hall–Kier alpha value is -2.80. The number of carbonyl (C=O) groups excluding carboxylic acids is 2. The van der Waals surface area contributed by atoms with Crippen molar-refractivity contribution in [2.75, 3.05) is 23.7 Å². The summed E-state index contributed by atoms with van der Waals surface area (Å²) in [5.74, 6) is -0.168. The van der Waals surface area contributed by atoms with Crippen molar-refractivity contribution in [1.29, 1.82) is 0 Å². The number of hydrogen-bond donors (Lipinski definition) is 2. The van der Waals surface area contributed by atoms with Crippen LogP contribution in [0.4, 0.5) is 16.2 Å². The highest BCUT2D eigenvalue weighted by Gasteiger charge is 2.20. The van der Waals surface area contributed by atoms with E-state index >= 15 is 0 Å². The summed E-state index contributed by atoms with van der Waals surface area (Å²) in [5.41, 5.74) is 1.70. The number of para-hydroxylation sites is 3. The average molecular weight is 428 g/mol. The smallest absolute Gasteiger partial charge is 0.321 e. The quantitative estimate of drug-likeness (QED) is 0.612. The van der Waals surface area contributed by atoms with Crippen LogP contribution in [0.2, 0.25) is 0 Å². The van der Waals surface area contributed by atoms with Crippen LogP contribution < -0.4 is 10.6 Å². The molecule has 0 unspecified atom stereocenters. The van der Waals surface area contributed by atoms with E-state index in [1.54, 1.807) is 29.2 Å². The Kier molecular flexibility index (Phi) is 4.85. The van der Waals surface area contributed by atoms with Crippen LogP contribution in [0.25, 0.3) is 11.0 Å². The molecule has 7 heteroatoms. The Labute approximate surface area is 164 Å². The molecular formula is C20H18BrN3O3. The Morgan fingerprint density at radius 2 is 1.67 bits per heavy atom. The monoisotopic (exact) mass is 427 g/mol. The number of nitrogens with zero attached hydrogens (tertiary/aromatic N) is 1. The van der Waals surface area contributed by atoms with E-state index in [9.17, 15) is 9.59 Å². The van der Waals surface area contributed by atoms with Crippen molar-refractivity contribution in [3.63, 3.8) is 0 Å². The standard InChI is InChI=1S/C20H18BrN3O3/c21-14-7-5-6-13-12-17(27-18(13)14)19(25)22-15-8-1-2-9-16(15)23-20(26)24-10-3-4-11-24/h1-2,5-9,12H,3-4,10-11H2,(H,22,25)(H,23,26). The maximum absolute atomic E-state index is 12.6. The average Bonchev–Trinajstić information content (AvgIpc) is 3.34. The van der Waals surface area contributed by atoms with Crippen LogP contribution in [0.1, 0.15) is 23.4 Å². The van der Waals surface area contributed by atoms with Gasteiger partial charge in [0.25, 0.3) is 5.91 Å². The predicted octanol–water partition coefficient (Wildman–Crippen LogP) is 5.08. The molecule has 0 aliphatic carbocycles. The van der Waals surface area contributed by atoms with Crippen LogP contribution in [0.3, 0.4) is 0 Å². The first-order valence-corrected chi connectivity index (χ1v) is 9.55. The molecular weight excluding hydrogens is 410 g/mol. The molecule has 2 aromatic carbocycles. The number of furan rings is 1. The second-order valence-corrected chi connectivity index (χ2v) is 7.25. The van der Waals surface area contributed by atoms with E-state index in [-0.39, 0.29) is 17.7 Å². The van der Waals surface area contributed by atoms with Crippen molar-refractivity contribution < 1.29 is 14.0 Å². The molecule has 6 nitrogen and oxygen atoms in total. The Morgan fingerprint density at radius 3 is 2.37 bits per heavy atom. The summed E-state index contributed by atoms with van der Waals surface area (Å²) < 4.78 is 6.47. The molecule has 4 rings (SSSR count). The summed E-state index contributed by atoms with van der Waals surface area (Å²) in [5, 5.41) is 6.54. The SMILES string of the molecule is O=C(Nc1ccccc1NC(=O)N1CCCC1)c1cc2cccc(Br)c2o1. The van der Waals surface area contributed by atoms with Crippen molar-refractivity contribution in [3.8, 4) is 0 Å². The molecule has 27 heavy (non-hydrogen) atoms. The normalized spacial score (nSPS) is 13.7. The highest BCUT2D eigenvalue weighted by Crippen LogP contribution is 2.28. The Balaban J connectivity index is 1.54. The van der Waals surface area contributed by atoms with Gasteiger partial charge in [0.15, 0.2) is 5.76 Å². The molecule has 0 saturated carbocycles. The third-order valence-corrected chi connectivity index (χ3v) is 5.15. The lowest BCUT2D eigenvalue weighted by Gasteiger charge is -2.18. The fourth-order valence-electron chi connectivity index (χ4n) is 3.14. The molecule has 138 valence electrons. The van der Waals surface area contributed by atoms with E-state index in [4.69, 9.17) is 4.42 Å². The molecule has 0 bridgehead atoms. The zero-order valence-corrected chi connectivity index (χ0v) is 16.1.